The number of ether oxygens (including phenoxy) is 1. The van der Waals surface area contributed by atoms with Crippen molar-refractivity contribution < 1.29 is 17.5 Å². The van der Waals surface area contributed by atoms with E-state index in [1.807, 2.05) is 17.7 Å². The van der Waals surface area contributed by atoms with Gasteiger partial charge in [0.15, 0.2) is 0 Å². The Hall–Kier alpha value is -3.01. The molecule has 3 aromatic rings. The molecule has 4 rings (SSSR count). The predicted octanol–water partition coefficient (Wildman–Crippen LogP) is 3.35. The van der Waals surface area contributed by atoms with Crippen molar-refractivity contribution in [2.75, 3.05) is 4.72 Å². The van der Waals surface area contributed by atoms with Crippen molar-refractivity contribution in [2.24, 2.45) is 0 Å². The molecule has 1 N–H and O–H groups in total. The minimum Gasteiger partial charge on any atom is -0.490 e. The van der Waals surface area contributed by atoms with Gasteiger partial charge in [0, 0.05) is 36.6 Å². The van der Waals surface area contributed by atoms with Crippen LogP contribution in [0.4, 0.5) is 10.2 Å². The van der Waals surface area contributed by atoms with E-state index in [1.54, 1.807) is 6.20 Å². The minimum atomic E-state index is -4.13. The molecule has 1 saturated carbocycles. The van der Waals surface area contributed by atoms with Crippen LogP contribution in [-0.4, -0.2) is 34.3 Å². The molecule has 1 fully saturated rings. The Labute approximate surface area is 174 Å². The lowest BCUT2D eigenvalue weighted by atomic mass is 10.0. The number of anilines is 1. The van der Waals surface area contributed by atoms with Crippen LogP contribution in [0.1, 0.15) is 37.8 Å². The van der Waals surface area contributed by atoms with E-state index in [0.29, 0.717) is 5.75 Å². The lowest BCUT2D eigenvalue weighted by molar-refractivity contribution is 0.185. The van der Waals surface area contributed by atoms with Gasteiger partial charge >= 0.3 is 0 Å². The zero-order valence-electron chi connectivity index (χ0n) is 16.4. The molecule has 0 spiro atoms. The van der Waals surface area contributed by atoms with Gasteiger partial charge in [-0.05, 0) is 50.5 Å². The summed E-state index contributed by atoms with van der Waals surface area (Å²) in [6.07, 6.45) is 7.06. The Morgan fingerprint density at radius 2 is 2.10 bits per heavy atom. The molecule has 0 amide bonds. The Morgan fingerprint density at radius 1 is 1.23 bits per heavy atom. The molecule has 2 heterocycles. The normalized spacial score (nSPS) is 19.0. The topological polar surface area (TPSA) is 99.0 Å². The maximum atomic E-state index is 14.7. The molecule has 0 radical (unpaired) electrons. The van der Waals surface area contributed by atoms with Gasteiger partial charge in [0.25, 0.3) is 10.0 Å². The highest BCUT2D eigenvalue weighted by molar-refractivity contribution is 7.92. The molecule has 8 nitrogen and oxygen atoms in total. The van der Waals surface area contributed by atoms with Gasteiger partial charge in [0.05, 0.1) is 0 Å². The van der Waals surface area contributed by atoms with Crippen LogP contribution in [0, 0.1) is 5.82 Å². The Balaban J connectivity index is 1.52. The summed E-state index contributed by atoms with van der Waals surface area (Å²) in [5.41, 5.74) is 1.11. The van der Waals surface area contributed by atoms with Gasteiger partial charge in [-0.1, -0.05) is 0 Å². The van der Waals surface area contributed by atoms with E-state index >= 15 is 0 Å². The predicted molar refractivity (Wildman–Crippen MR) is 108 cm³/mol. The quantitative estimate of drug-likeness (QED) is 0.616. The molecule has 0 saturated heterocycles. The number of halogens is 1. The maximum absolute atomic E-state index is 14.7. The third-order valence-corrected chi connectivity index (χ3v) is 6.57. The standard InChI is InChI=1S/C20H22FN5O3S/c1-2-26-17(8-11-24-26)15-4-3-5-18(15)29-14-6-7-19(16(21)12-14)30(27,28)25-20-9-10-22-13-23-20/h6-13,15,18H,2-5H2,1H3,(H,22,23,25)/t15?,18-/m0/s1. The number of nitrogens with one attached hydrogen (secondary N) is 1. The lowest BCUT2D eigenvalue weighted by Gasteiger charge is -2.22. The Bertz CT molecular complexity index is 1120. The minimum absolute atomic E-state index is 0.0612. The monoisotopic (exact) mass is 431 g/mol. The number of benzene rings is 1. The first kappa shape index (κ1) is 20.3. The van der Waals surface area contributed by atoms with Crippen LogP contribution in [0.2, 0.25) is 0 Å². The lowest BCUT2D eigenvalue weighted by Crippen LogP contribution is -2.22. The van der Waals surface area contributed by atoms with Crippen LogP contribution in [0.15, 0.2) is 53.9 Å². The molecule has 2 aromatic heterocycles. The first-order chi connectivity index (χ1) is 14.5. The number of hydrogen-bond acceptors (Lipinski definition) is 6. The van der Waals surface area contributed by atoms with Gasteiger partial charge in [-0.15, -0.1) is 0 Å². The van der Waals surface area contributed by atoms with Crippen molar-refractivity contribution in [3.63, 3.8) is 0 Å². The van der Waals surface area contributed by atoms with Crippen molar-refractivity contribution in [3.05, 3.63) is 60.6 Å². The summed E-state index contributed by atoms with van der Waals surface area (Å²) in [7, 11) is -4.13. The first-order valence-electron chi connectivity index (χ1n) is 9.74. The number of aryl methyl sites for hydroxylation is 1. The summed E-state index contributed by atoms with van der Waals surface area (Å²) in [6.45, 7) is 2.80. The fraction of sp³-hybridized carbons (Fsp3) is 0.350. The molecule has 1 unspecified atom stereocenters. The van der Waals surface area contributed by atoms with E-state index in [-0.39, 0.29) is 17.8 Å². The summed E-state index contributed by atoms with van der Waals surface area (Å²) < 4.78 is 49.9. The first-order valence-corrected chi connectivity index (χ1v) is 11.2. The number of nitrogens with zero attached hydrogens (tertiary/aromatic N) is 4. The molecular formula is C20H22FN5O3S. The number of hydrogen-bond donors (Lipinski definition) is 1. The van der Waals surface area contributed by atoms with E-state index in [1.165, 1.54) is 30.7 Å². The largest absolute Gasteiger partial charge is 0.490 e. The average molecular weight is 431 g/mol. The van der Waals surface area contributed by atoms with Gasteiger partial charge in [-0.2, -0.15) is 5.10 Å². The van der Waals surface area contributed by atoms with E-state index in [9.17, 15) is 12.8 Å². The summed E-state index contributed by atoms with van der Waals surface area (Å²) in [5.74, 6) is -0.362. The molecule has 158 valence electrons. The van der Waals surface area contributed by atoms with Crippen molar-refractivity contribution in [1.29, 1.82) is 0 Å². The fourth-order valence-electron chi connectivity index (χ4n) is 3.82. The Morgan fingerprint density at radius 3 is 2.83 bits per heavy atom. The molecule has 0 aliphatic heterocycles. The maximum Gasteiger partial charge on any atom is 0.265 e. The van der Waals surface area contributed by atoms with E-state index in [2.05, 4.69) is 19.8 Å². The smallest absolute Gasteiger partial charge is 0.265 e. The van der Waals surface area contributed by atoms with Crippen LogP contribution < -0.4 is 9.46 Å². The third kappa shape index (κ3) is 4.13. The van der Waals surface area contributed by atoms with E-state index in [4.69, 9.17) is 4.74 Å². The highest BCUT2D eigenvalue weighted by atomic mass is 32.2. The number of sulfonamides is 1. The SMILES string of the molecule is CCn1nccc1C1CCC[C@@H]1Oc1ccc(S(=O)(=O)Nc2ccncn2)c(F)c1. The van der Waals surface area contributed by atoms with Crippen molar-refractivity contribution in [1.82, 2.24) is 19.7 Å². The zero-order valence-corrected chi connectivity index (χ0v) is 17.2. The summed E-state index contributed by atoms with van der Waals surface area (Å²) in [6, 6.07) is 7.17. The number of aromatic nitrogens is 4. The molecule has 2 atom stereocenters. The van der Waals surface area contributed by atoms with Crippen LogP contribution in [0.25, 0.3) is 0 Å². The van der Waals surface area contributed by atoms with Crippen LogP contribution in [0.5, 0.6) is 5.75 Å². The second kappa shape index (κ2) is 8.39. The van der Waals surface area contributed by atoms with Gasteiger partial charge in [0.2, 0.25) is 0 Å². The average Bonchev–Trinajstić information content (AvgIpc) is 3.36. The van der Waals surface area contributed by atoms with Crippen molar-refractivity contribution in [2.45, 2.75) is 49.6 Å². The Kier molecular flexibility index (Phi) is 5.67. The van der Waals surface area contributed by atoms with Gasteiger partial charge in [-0.25, -0.2) is 22.8 Å². The van der Waals surface area contributed by atoms with Crippen molar-refractivity contribution >= 4 is 15.8 Å². The van der Waals surface area contributed by atoms with Crippen LogP contribution in [0.3, 0.4) is 0 Å². The van der Waals surface area contributed by atoms with Gasteiger partial charge in [-0.3, -0.25) is 9.40 Å². The summed E-state index contributed by atoms with van der Waals surface area (Å²) in [4.78, 5) is 7.04. The van der Waals surface area contributed by atoms with Crippen LogP contribution >= 0.6 is 0 Å². The second-order valence-electron chi connectivity index (χ2n) is 7.06. The second-order valence-corrected chi connectivity index (χ2v) is 8.71. The molecule has 0 bridgehead atoms. The molecule has 1 aliphatic rings. The van der Waals surface area contributed by atoms with Gasteiger partial charge < -0.3 is 4.74 Å². The summed E-state index contributed by atoms with van der Waals surface area (Å²) >= 11 is 0. The number of rotatable bonds is 7. The molecular weight excluding hydrogens is 409 g/mol. The zero-order chi connectivity index (χ0) is 21.1. The highest BCUT2D eigenvalue weighted by Gasteiger charge is 2.33. The van der Waals surface area contributed by atoms with E-state index in [0.717, 1.165) is 37.6 Å². The third-order valence-electron chi connectivity index (χ3n) is 5.18. The summed E-state index contributed by atoms with van der Waals surface area (Å²) in [5, 5.41) is 4.33. The highest BCUT2D eigenvalue weighted by Crippen LogP contribution is 2.37. The van der Waals surface area contributed by atoms with Gasteiger partial charge in [0.1, 0.15) is 34.7 Å². The fourth-order valence-corrected chi connectivity index (χ4v) is 4.89. The van der Waals surface area contributed by atoms with Crippen LogP contribution in [-0.2, 0) is 16.6 Å². The molecule has 1 aromatic carbocycles. The van der Waals surface area contributed by atoms with Crippen molar-refractivity contribution in [3.8, 4) is 5.75 Å². The molecule has 30 heavy (non-hydrogen) atoms. The van der Waals surface area contributed by atoms with E-state index < -0.39 is 20.7 Å². The molecule has 1 aliphatic carbocycles. The molecule has 10 heteroatoms.